The van der Waals surface area contributed by atoms with E-state index in [4.69, 9.17) is 0 Å². The molecule has 108 valence electrons. The number of aliphatic hydroxyl groups is 1. The van der Waals surface area contributed by atoms with Crippen LogP contribution in [-0.2, 0) is 6.54 Å². The molecule has 1 aliphatic rings. The van der Waals surface area contributed by atoms with Crippen molar-refractivity contribution >= 4 is 0 Å². The molecule has 3 rings (SSSR count). The monoisotopic (exact) mass is 282 g/mol. The summed E-state index contributed by atoms with van der Waals surface area (Å²) in [5, 5.41) is 23.6. The molecular formula is C16H18N4O. The quantitative estimate of drug-likeness (QED) is 0.929. The highest BCUT2D eigenvalue weighted by Gasteiger charge is 2.24. The van der Waals surface area contributed by atoms with Crippen molar-refractivity contribution in [2.75, 3.05) is 13.1 Å². The minimum Gasteiger partial charge on any atom is -0.392 e. The van der Waals surface area contributed by atoms with Crippen molar-refractivity contribution in [1.29, 1.82) is 5.26 Å². The van der Waals surface area contributed by atoms with Crippen LogP contribution in [0.15, 0.2) is 30.3 Å². The third-order valence-corrected chi connectivity index (χ3v) is 3.89. The number of hydrogen-bond donors (Lipinski definition) is 1. The molecule has 1 aromatic heterocycles. The first-order valence-corrected chi connectivity index (χ1v) is 7.13. The summed E-state index contributed by atoms with van der Waals surface area (Å²) in [4.78, 5) is 2.17. The van der Waals surface area contributed by atoms with Crippen LogP contribution in [0.4, 0.5) is 0 Å². The first-order chi connectivity index (χ1) is 10.2. The van der Waals surface area contributed by atoms with Gasteiger partial charge < -0.3 is 5.11 Å². The third-order valence-electron chi connectivity index (χ3n) is 3.89. The largest absolute Gasteiger partial charge is 0.392 e. The van der Waals surface area contributed by atoms with Gasteiger partial charge in [0.05, 0.1) is 28.7 Å². The Balaban J connectivity index is 1.99. The van der Waals surface area contributed by atoms with Crippen molar-refractivity contribution in [3.8, 4) is 11.8 Å². The van der Waals surface area contributed by atoms with Crippen LogP contribution in [0.1, 0.15) is 23.4 Å². The molecule has 1 N–H and O–H groups in total. The van der Waals surface area contributed by atoms with Gasteiger partial charge in [-0.15, -0.1) is 0 Å². The molecular weight excluding hydrogens is 264 g/mol. The molecule has 5 nitrogen and oxygen atoms in total. The van der Waals surface area contributed by atoms with Gasteiger partial charge in [0.15, 0.2) is 0 Å². The van der Waals surface area contributed by atoms with Crippen molar-refractivity contribution in [2.45, 2.75) is 26.0 Å². The number of para-hydroxylation sites is 1. The van der Waals surface area contributed by atoms with E-state index in [1.165, 1.54) is 0 Å². The van der Waals surface area contributed by atoms with Crippen molar-refractivity contribution in [2.24, 2.45) is 0 Å². The minimum atomic E-state index is -0.260. The van der Waals surface area contributed by atoms with E-state index in [0.29, 0.717) is 18.7 Å². The molecule has 0 unspecified atom stereocenters. The number of β-amino-alcohol motifs (C(OH)–C–C–N with tert-alkyl or cyclic N) is 1. The normalized spacial score (nSPS) is 18.8. The van der Waals surface area contributed by atoms with Gasteiger partial charge >= 0.3 is 0 Å². The van der Waals surface area contributed by atoms with Crippen LogP contribution in [0.3, 0.4) is 0 Å². The minimum absolute atomic E-state index is 0.260. The molecule has 1 saturated heterocycles. The van der Waals surface area contributed by atoms with Gasteiger partial charge in [0.1, 0.15) is 6.07 Å². The van der Waals surface area contributed by atoms with E-state index in [0.717, 1.165) is 30.0 Å². The number of aryl methyl sites for hydroxylation is 1. The Kier molecular flexibility index (Phi) is 3.74. The number of hydrogen-bond acceptors (Lipinski definition) is 4. The summed E-state index contributed by atoms with van der Waals surface area (Å²) < 4.78 is 1.85. The van der Waals surface area contributed by atoms with Crippen molar-refractivity contribution in [1.82, 2.24) is 14.7 Å². The fourth-order valence-corrected chi connectivity index (χ4v) is 2.82. The lowest BCUT2D eigenvalue weighted by atomic mass is 10.2. The number of aliphatic hydroxyl groups excluding tert-OH is 1. The maximum absolute atomic E-state index is 9.67. The standard InChI is InChI=1S/C16H18N4O/c1-12-15(9-17)16(11-19-8-7-14(21)10-19)20(18-12)13-5-3-2-4-6-13/h2-6,14,21H,7-8,10-11H2,1H3/t14-/m0/s1. The van der Waals surface area contributed by atoms with E-state index >= 15 is 0 Å². The maximum Gasteiger partial charge on any atom is 0.103 e. The molecule has 0 saturated carbocycles. The first kappa shape index (κ1) is 13.8. The second-order valence-electron chi connectivity index (χ2n) is 5.44. The number of aromatic nitrogens is 2. The molecule has 1 atom stereocenters. The van der Waals surface area contributed by atoms with Crippen LogP contribution in [0.5, 0.6) is 0 Å². The lowest BCUT2D eigenvalue weighted by Gasteiger charge is -2.16. The summed E-state index contributed by atoms with van der Waals surface area (Å²) in [6.07, 6.45) is 0.532. The van der Waals surface area contributed by atoms with Gasteiger partial charge in [0.2, 0.25) is 0 Å². The predicted octanol–water partition coefficient (Wildman–Crippen LogP) is 1.62. The van der Waals surface area contributed by atoms with Crippen LogP contribution < -0.4 is 0 Å². The van der Waals surface area contributed by atoms with Crippen LogP contribution >= 0.6 is 0 Å². The Labute approximate surface area is 124 Å². The summed E-state index contributed by atoms with van der Waals surface area (Å²) in [7, 11) is 0. The van der Waals surface area contributed by atoms with Gasteiger partial charge in [0, 0.05) is 19.6 Å². The second-order valence-corrected chi connectivity index (χ2v) is 5.44. The highest BCUT2D eigenvalue weighted by atomic mass is 16.3. The zero-order chi connectivity index (χ0) is 14.8. The average molecular weight is 282 g/mol. The van der Waals surface area contributed by atoms with Gasteiger partial charge in [-0.2, -0.15) is 10.4 Å². The molecule has 0 bridgehead atoms. The Morgan fingerprint density at radius 1 is 1.38 bits per heavy atom. The number of likely N-dealkylation sites (tertiary alicyclic amines) is 1. The Bertz CT molecular complexity index is 672. The fourth-order valence-electron chi connectivity index (χ4n) is 2.82. The molecule has 2 aromatic rings. The molecule has 1 fully saturated rings. The summed E-state index contributed by atoms with van der Waals surface area (Å²) in [5.41, 5.74) is 3.24. The van der Waals surface area contributed by atoms with E-state index in [9.17, 15) is 10.4 Å². The molecule has 0 amide bonds. The lowest BCUT2D eigenvalue weighted by molar-refractivity contribution is 0.174. The molecule has 0 aliphatic carbocycles. The third kappa shape index (κ3) is 2.68. The molecule has 2 heterocycles. The number of benzene rings is 1. The second kappa shape index (κ2) is 5.68. The van der Waals surface area contributed by atoms with E-state index in [-0.39, 0.29) is 6.10 Å². The first-order valence-electron chi connectivity index (χ1n) is 7.13. The topological polar surface area (TPSA) is 65.1 Å². The average Bonchev–Trinajstić information content (AvgIpc) is 3.04. The molecule has 1 aliphatic heterocycles. The SMILES string of the molecule is Cc1nn(-c2ccccc2)c(CN2CC[C@H](O)C2)c1C#N. The molecule has 21 heavy (non-hydrogen) atoms. The Morgan fingerprint density at radius 3 is 2.76 bits per heavy atom. The predicted molar refractivity (Wildman–Crippen MR) is 78.9 cm³/mol. The Morgan fingerprint density at radius 2 is 2.14 bits per heavy atom. The molecule has 1 aromatic carbocycles. The Hall–Kier alpha value is -2.16. The van der Waals surface area contributed by atoms with Gasteiger partial charge in [-0.3, -0.25) is 4.90 Å². The number of nitriles is 1. The highest BCUT2D eigenvalue weighted by Crippen LogP contribution is 2.21. The van der Waals surface area contributed by atoms with Crippen LogP contribution in [0.2, 0.25) is 0 Å². The van der Waals surface area contributed by atoms with Crippen LogP contribution in [0.25, 0.3) is 5.69 Å². The van der Waals surface area contributed by atoms with Crippen LogP contribution in [0, 0.1) is 18.3 Å². The molecule has 0 spiro atoms. The van der Waals surface area contributed by atoms with Crippen molar-refractivity contribution in [3.63, 3.8) is 0 Å². The van der Waals surface area contributed by atoms with Gasteiger partial charge in [0.25, 0.3) is 0 Å². The van der Waals surface area contributed by atoms with Gasteiger partial charge in [-0.25, -0.2) is 4.68 Å². The van der Waals surface area contributed by atoms with E-state index in [2.05, 4.69) is 16.1 Å². The maximum atomic E-state index is 9.67. The zero-order valence-electron chi connectivity index (χ0n) is 12.0. The molecule has 0 radical (unpaired) electrons. The van der Waals surface area contributed by atoms with Gasteiger partial charge in [-0.05, 0) is 25.5 Å². The van der Waals surface area contributed by atoms with Crippen LogP contribution in [-0.4, -0.2) is 39.0 Å². The van der Waals surface area contributed by atoms with Crippen molar-refractivity contribution in [3.05, 3.63) is 47.3 Å². The van der Waals surface area contributed by atoms with Gasteiger partial charge in [-0.1, -0.05) is 18.2 Å². The van der Waals surface area contributed by atoms with E-state index in [1.54, 1.807) is 0 Å². The van der Waals surface area contributed by atoms with E-state index in [1.807, 2.05) is 41.9 Å². The summed E-state index contributed by atoms with van der Waals surface area (Å²) in [6, 6.07) is 12.1. The zero-order valence-corrected chi connectivity index (χ0v) is 12.0. The molecule has 5 heteroatoms. The number of nitrogens with zero attached hydrogens (tertiary/aromatic N) is 4. The highest BCUT2D eigenvalue weighted by molar-refractivity contribution is 5.43. The number of rotatable bonds is 3. The summed E-state index contributed by atoms with van der Waals surface area (Å²) in [6.45, 7) is 4.00. The van der Waals surface area contributed by atoms with E-state index < -0.39 is 0 Å². The summed E-state index contributed by atoms with van der Waals surface area (Å²) >= 11 is 0. The summed E-state index contributed by atoms with van der Waals surface area (Å²) in [5.74, 6) is 0. The fraction of sp³-hybridized carbons (Fsp3) is 0.375. The lowest BCUT2D eigenvalue weighted by Crippen LogP contribution is -2.23. The van der Waals surface area contributed by atoms with Crippen molar-refractivity contribution < 1.29 is 5.11 Å². The smallest absolute Gasteiger partial charge is 0.103 e.